The first-order chi connectivity index (χ1) is 7.04. The Morgan fingerprint density at radius 2 is 2.00 bits per heavy atom. The number of benzene rings is 1. The van der Waals surface area contributed by atoms with E-state index in [0.717, 1.165) is 21.7 Å². The van der Waals surface area contributed by atoms with Crippen molar-refractivity contribution in [3.05, 3.63) is 39.9 Å². The normalized spacial score (nSPS) is 10.9. The molecule has 0 N–H and O–H groups in total. The van der Waals surface area contributed by atoms with Crippen LogP contribution in [0.3, 0.4) is 0 Å². The van der Waals surface area contributed by atoms with Gasteiger partial charge >= 0.3 is 0 Å². The standard InChI is InChI=1S/C12H12Cl2O/c1-8-6-12(14)9(2)5-10(8)3-4-11(15)7-13/h3-6H,7H2,1-2H3. The summed E-state index contributed by atoms with van der Waals surface area (Å²) in [5.74, 6) is -0.0778. The molecule has 1 rings (SSSR count). The van der Waals surface area contributed by atoms with Gasteiger partial charge in [0.15, 0.2) is 5.78 Å². The highest BCUT2D eigenvalue weighted by atomic mass is 35.5. The molecule has 0 amide bonds. The van der Waals surface area contributed by atoms with E-state index >= 15 is 0 Å². The van der Waals surface area contributed by atoms with Gasteiger partial charge in [-0.3, -0.25) is 4.79 Å². The summed E-state index contributed by atoms with van der Waals surface area (Å²) in [7, 11) is 0. The fourth-order valence-corrected chi connectivity index (χ4v) is 1.52. The van der Waals surface area contributed by atoms with Crippen molar-refractivity contribution < 1.29 is 4.79 Å². The van der Waals surface area contributed by atoms with E-state index in [4.69, 9.17) is 23.2 Å². The number of hydrogen-bond acceptors (Lipinski definition) is 1. The van der Waals surface area contributed by atoms with Gasteiger partial charge in [0, 0.05) is 5.02 Å². The summed E-state index contributed by atoms with van der Waals surface area (Å²) >= 11 is 11.4. The van der Waals surface area contributed by atoms with Crippen molar-refractivity contribution in [2.24, 2.45) is 0 Å². The summed E-state index contributed by atoms with van der Waals surface area (Å²) in [6, 6.07) is 3.84. The molecular weight excluding hydrogens is 231 g/mol. The number of carbonyl (C=O) groups excluding carboxylic acids is 1. The summed E-state index contributed by atoms with van der Waals surface area (Å²) in [5, 5.41) is 0.744. The van der Waals surface area contributed by atoms with Crippen molar-refractivity contribution in [1.29, 1.82) is 0 Å². The maximum atomic E-state index is 11.0. The second-order valence-corrected chi connectivity index (χ2v) is 4.07. The SMILES string of the molecule is Cc1cc(C=CC(=O)CCl)c(C)cc1Cl. The Labute approximate surface area is 99.7 Å². The van der Waals surface area contributed by atoms with Crippen molar-refractivity contribution in [3.63, 3.8) is 0 Å². The fraction of sp³-hybridized carbons (Fsp3) is 0.250. The van der Waals surface area contributed by atoms with Crippen molar-refractivity contribution in [2.75, 3.05) is 5.88 Å². The second kappa shape index (κ2) is 5.34. The van der Waals surface area contributed by atoms with Crippen LogP contribution < -0.4 is 0 Å². The summed E-state index contributed by atoms with van der Waals surface area (Å²) < 4.78 is 0. The Balaban J connectivity index is 3.00. The number of rotatable bonds is 3. The zero-order valence-electron chi connectivity index (χ0n) is 8.68. The van der Waals surface area contributed by atoms with E-state index in [1.54, 1.807) is 6.08 Å². The lowest BCUT2D eigenvalue weighted by molar-refractivity contribution is -0.112. The van der Waals surface area contributed by atoms with Crippen LogP contribution in [-0.4, -0.2) is 11.7 Å². The molecule has 0 aliphatic carbocycles. The van der Waals surface area contributed by atoms with Gasteiger partial charge in [-0.15, -0.1) is 11.6 Å². The molecule has 1 aromatic rings. The van der Waals surface area contributed by atoms with Gasteiger partial charge in [0.2, 0.25) is 0 Å². The number of aryl methyl sites for hydroxylation is 2. The van der Waals surface area contributed by atoms with Gasteiger partial charge in [-0.25, -0.2) is 0 Å². The van der Waals surface area contributed by atoms with Crippen LogP contribution in [0.25, 0.3) is 6.08 Å². The fourth-order valence-electron chi connectivity index (χ4n) is 1.21. The molecule has 0 aliphatic rings. The lowest BCUT2D eigenvalue weighted by atomic mass is 10.0. The summed E-state index contributed by atoms with van der Waals surface area (Å²) in [6.07, 6.45) is 3.26. The Bertz CT molecular complexity index is 408. The number of halogens is 2. The number of carbonyl (C=O) groups is 1. The maximum absolute atomic E-state index is 11.0. The van der Waals surface area contributed by atoms with Gasteiger partial charge in [-0.1, -0.05) is 23.7 Å². The van der Waals surface area contributed by atoms with Gasteiger partial charge in [0.25, 0.3) is 0 Å². The highest BCUT2D eigenvalue weighted by Gasteiger charge is 2.00. The Morgan fingerprint density at radius 3 is 2.60 bits per heavy atom. The highest BCUT2D eigenvalue weighted by molar-refractivity contribution is 6.31. The van der Waals surface area contributed by atoms with Crippen LogP contribution in [0.1, 0.15) is 16.7 Å². The zero-order valence-corrected chi connectivity index (χ0v) is 10.2. The third kappa shape index (κ3) is 3.37. The van der Waals surface area contributed by atoms with Crippen LogP contribution in [0.4, 0.5) is 0 Å². The van der Waals surface area contributed by atoms with Crippen LogP contribution >= 0.6 is 23.2 Å². The topological polar surface area (TPSA) is 17.1 Å². The average Bonchev–Trinajstić information content (AvgIpc) is 2.21. The van der Waals surface area contributed by atoms with Crippen molar-refractivity contribution in [3.8, 4) is 0 Å². The van der Waals surface area contributed by atoms with Crippen LogP contribution in [-0.2, 0) is 4.79 Å². The molecular formula is C12H12Cl2O. The molecule has 0 fully saturated rings. The molecule has 1 nitrogen and oxygen atoms in total. The Hall–Kier alpha value is -0.790. The van der Waals surface area contributed by atoms with Crippen LogP contribution in [0, 0.1) is 13.8 Å². The number of allylic oxidation sites excluding steroid dienone is 1. The quantitative estimate of drug-likeness (QED) is 0.583. The summed E-state index contributed by atoms with van der Waals surface area (Å²) in [6.45, 7) is 3.89. The maximum Gasteiger partial charge on any atom is 0.170 e. The molecule has 0 aliphatic heterocycles. The molecule has 80 valence electrons. The molecule has 0 radical (unpaired) electrons. The number of alkyl halides is 1. The van der Waals surface area contributed by atoms with E-state index in [-0.39, 0.29) is 11.7 Å². The van der Waals surface area contributed by atoms with Crippen molar-refractivity contribution in [1.82, 2.24) is 0 Å². The second-order valence-electron chi connectivity index (χ2n) is 3.39. The van der Waals surface area contributed by atoms with E-state index < -0.39 is 0 Å². The first kappa shape index (κ1) is 12.3. The molecule has 0 unspecified atom stereocenters. The van der Waals surface area contributed by atoms with Gasteiger partial charge in [0.1, 0.15) is 0 Å². The lowest BCUT2D eigenvalue weighted by Gasteiger charge is -2.04. The Kier molecular flexibility index (Phi) is 4.37. The van der Waals surface area contributed by atoms with E-state index in [9.17, 15) is 4.79 Å². The first-order valence-corrected chi connectivity index (χ1v) is 5.49. The van der Waals surface area contributed by atoms with Crippen LogP contribution in [0.5, 0.6) is 0 Å². The predicted molar refractivity (Wildman–Crippen MR) is 65.7 cm³/mol. The summed E-state index contributed by atoms with van der Waals surface area (Å²) in [4.78, 5) is 11.0. The number of hydrogen-bond donors (Lipinski definition) is 0. The minimum Gasteiger partial charge on any atom is -0.294 e. The molecule has 15 heavy (non-hydrogen) atoms. The monoisotopic (exact) mass is 242 g/mol. The Morgan fingerprint density at radius 1 is 1.33 bits per heavy atom. The minimum absolute atomic E-state index is 0.0160. The molecule has 1 aromatic carbocycles. The average molecular weight is 243 g/mol. The predicted octanol–water partition coefficient (Wildman–Crippen LogP) is 3.78. The lowest BCUT2D eigenvalue weighted by Crippen LogP contribution is -1.92. The van der Waals surface area contributed by atoms with Crippen molar-refractivity contribution >= 4 is 35.1 Å². The molecule has 0 spiro atoms. The van der Waals surface area contributed by atoms with Crippen molar-refractivity contribution in [2.45, 2.75) is 13.8 Å². The third-order valence-corrected chi connectivity index (χ3v) is 2.80. The van der Waals surface area contributed by atoms with Gasteiger partial charge in [-0.05, 0) is 42.7 Å². The molecule has 0 aromatic heterocycles. The minimum atomic E-state index is -0.0938. The number of ketones is 1. The first-order valence-electron chi connectivity index (χ1n) is 4.58. The van der Waals surface area contributed by atoms with Gasteiger partial charge < -0.3 is 0 Å². The molecule has 0 atom stereocenters. The third-order valence-electron chi connectivity index (χ3n) is 2.13. The van der Waals surface area contributed by atoms with E-state index in [1.165, 1.54) is 6.08 Å². The molecule has 0 saturated carbocycles. The van der Waals surface area contributed by atoms with E-state index in [2.05, 4.69) is 0 Å². The van der Waals surface area contributed by atoms with E-state index in [1.807, 2.05) is 26.0 Å². The molecule has 0 saturated heterocycles. The molecule has 3 heteroatoms. The van der Waals surface area contributed by atoms with Crippen LogP contribution in [0.2, 0.25) is 5.02 Å². The largest absolute Gasteiger partial charge is 0.294 e. The smallest absolute Gasteiger partial charge is 0.170 e. The van der Waals surface area contributed by atoms with Gasteiger partial charge in [-0.2, -0.15) is 0 Å². The van der Waals surface area contributed by atoms with Gasteiger partial charge in [0.05, 0.1) is 5.88 Å². The summed E-state index contributed by atoms with van der Waals surface area (Å²) in [5.41, 5.74) is 3.04. The zero-order chi connectivity index (χ0) is 11.4. The molecule has 0 bridgehead atoms. The van der Waals surface area contributed by atoms with Crippen LogP contribution in [0.15, 0.2) is 18.2 Å². The van der Waals surface area contributed by atoms with E-state index in [0.29, 0.717) is 0 Å². The highest BCUT2D eigenvalue weighted by Crippen LogP contribution is 2.21. The molecule has 0 heterocycles.